The third-order valence-electron chi connectivity index (χ3n) is 3.71. The van der Waals surface area contributed by atoms with Gasteiger partial charge in [0.2, 0.25) is 0 Å². The molecule has 4 heteroatoms. The number of anilines is 1. The van der Waals surface area contributed by atoms with Crippen molar-refractivity contribution < 1.29 is 9.50 Å². The van der Waals surface area contributed by atoms with Gasteiger partial charge in [-0.2, -0.15) is 5.26 Å². The van der Waals surface area contributed by atoms with Gasteiger partial charge in [-0.3, -0.25) is 0 Å². The molecule has 1 saturated carbocycles. The van der Waals surface area contributed by atoms with Gasteiger partial charge in [0.25, 0.3) is 0 Å². The molecule has 3 nitrogen and oxygen atoms in total. The normalized spacial score (nSPS) is 22.7. The van der Waals surface area contributed by atoms with Crippen LogP contribution < -0.4 is 5.32 Å². The predicted molar refractivity (Wildman–Crippen MR) is 67.5 cm³/mol. The minimum atomic E-state index is -0.397. The molecule has 0 saturated heterocycles. The topological polar surface area (TPSA) is 56.0 Å². The van der Waals surface area contributed by atoms with Crippen LogP contribution >= 0.6 is 0 Å². The second-order valence-corrected chi connectivity index (χ2v) is 4.82. The molecular weight excluding hydrogens is 231 g/mol. The number of hydrogen-bond donors (Lipinski definition) is 2. The number of nitriles is 1. The zero-order chi connectivity index (χ0) is 13.0. The van der Waals surface area contributed by atoms with Crippen LogP contribution in [0.15, 0.2) is 18.2 Å². The fraction of sp³-hybridized carbons (Fsp3) is 0.500. The molecule has 18 heavy (non-hydrogen) atoms. The molecule has 1 aliphatic carbocycles. The van der Waals surface area contributed by atoms with Gasteiger partial charge < -0.3 is 10.4 Å². The minimum Gasteiger partial charge on any atom is -0.396 e. The summed E-state index contributed by atoms with van der Waals surface area (Å²) < 4.78 is 13.0. The maximum absolute atomic E-state index is 13.0. The summed E-state index contributed by atoms with van der Waals surface area (Å²) in [6.07, 6.45) is 3.31. The molecular formula is C14H17FN2O. The average Bonchev–Trinajstić information content (AvgIpc) is 2.84. The second kappa shape index (κ2) is 5.83. The van der Waals surface area contributed by atoms with Crippen molar-refractivity contribution in [2.45, 2.75) is 19.3 Å². The first-order chi connectivity index (χ1) is 8.74. The fourth-order valence-corrected chi connectivity index (χ4v) is 2.63. The molecule has 1 aliphatic rings. The van der Waals surface area contributed by atoms with Crippen LogP contribution in [0.1, 0.15) is 24.8 Å². The number of halogens is 1. The largest absolute Gasteiger partial charge is 0.396 e. The monoisotopic (exact) mass is 248 g/mol. The average molecular weight is 248 g/mol. The molecule has 2 atom stereocenters. The van der Waals surface area contributed by atoms with Crippen molar-refractivity contribution in [2.24, 2.45) is 11.8 Å². The molecule has 0 amide bonds. The SMILES string of the molecule is N#Cc1cc(F)ccc1NCC1CCCC1CO. The lowest BCUT2D eigenvalue weighted by Crippen LogP contribution is -2.21. The van der Waals surface area contributed by atoms with E-state index in [1.165, 1.54) is 12.1 Å². The Hall–Kier alpha value is -1.60. The quantitative estimate of drug-likeness (QED) is 0.860. The molecule has 0 aromatic heterocycles. The number of hydrogen-bond acceptors (Lipinski definition) is 3. The van der Waals surface area contributed by atoms with Crippen molar-refractivity contribution in [3.8, 4) is 6.07 Å². The standard InChI is InChI=1S/C14H17FN2O/c15-13-4-5-14(12(6-13)7-16)17-8-10-2-1-3-11(10)9-18/h4-6,10-11,17-18H,1-3,8-9H2. The zero-order valence-corrected chi connectivity index (χ0v) is 10.2. The van der Waals surface area contributed by atoms with E-state index in [9.17, 15) is 9.50 Å². The van der Waals surface area contributed by atoms with Crippen molar-refractivity contribution in [3.63, 3.8) is 0 Å². The Morgan fingerprint density at radius 2 is 2.17 bits per heavy atom. The van der Waals surface area contributed by atoms with E-state index in [0.29, 0.717) is 23.1 Å². The maximum Gasteiger partial charge on any atom is 0.124 e. The van der Waals surface area contributed by atoms with E-state index in [2.05, 4.69) is 5.32 Å². The first-order valence-electron chi connectivity index (χ1n) is 6.29. The van der Waals surface area contributed by atoms with Gasteiger partial charge in [0, 0.05) is 13.2 Å². The van der Waals surface area contributed by atoms with Crippen LogP contribution in [-0.4, -0.2) is 18.3 Å². The highest BCUT2D eigenvalue weighted by atomic mass is 19.1. The molecule has 2 N–H and O–H groups in total. The maximum atomic E-state index is 13.0. The Bertz CT molecular complexity index is 456. The van der Waals surface area contributed by atoms with Crippen LogP contribution in [0.2, 0.25) is 0 Å². The number of aliphatic hydroxyl groups excluding tert-OH is 1. The Morgan fingerprint density at radius 3 is 2.89 bits per heavy atom. The molecule has 2 unspecified atom stereocenters. The molecule has 96 valence electrons. The molecule has 0 radical (unpaired) electrons. The third-order valence-corrected chi connectivity index (χ3v) is 3.71. The highest BCUT2D eigenvalue weighted by Crippen LogP contribution is 2.31. The van der Waals surface area contributed by atoms with Crippen molar-refractivity contribution in [1.29, 1.82) is 5.26 Å². The Balaban J connectivity index is 2.00. The van der Waals surface area contributed by atoms with Gasteiger partial charge in [0.1, 0.15) is 11.9 Å². The molecule has 1 aromatic rings. The van der Waals surface area contributed by atoms with Gasteiger partial charge in [0.15, 0.2) is 0 Å². The van der Waals surface area contributed by atoms with E-state index in [1.54, 1.807) is 6.07 Å². The third kappa shape index (κ3) is 2.80. The van der Waals surface area contributed by atoms with E-state index in [1.807, 2.05) is 6.07 Å². The highest BCUT2D eigenvalue weighted by molar-refractivity contribution is 5.57. The van der Waals surface area contributed by atoms with E-state index in [4.69, 9.17) is 5.26 Å². The lowest BCUT2D eigenvalue weighted by molar-refractivity contribution is 0.199. The predicted octanol–water partition coefficient (Wildman–Crippen LogP) is 2.52. The Morgan fingerprint density at radius 1 is 1.39 bits per heavy atom. The Labute approximate surface area is 106 Å². The molecule has 0 spiro atoms. The summed E-state index contributed by atoms with van der Waals surface area (Å²) in [4.78, 5) is 0. The van der Waals surface area contributed by atoms with Crippen LogP contribution in [0.5, 0.6) is 0 Å². The zero-order valence-electron chi connectivity index (χ0n) is 10.2. The first kappa shape index (κ1) is 12.8. The molecule has 0 bridgehead atoms. The number of nitrogens with one attached hydrogen (secondary N) is 1. The van der Waals surface area contributed by atoms with Crippen molar-refractivity contribution in [2.75, 3.05) is 18.5 Å². The van der Waals surface area contributed by atoms with E-state index in [0.717, 1.165) is 25.8 Å². The molecule has 0 aliphatic heterocycles. The Kier molecular flexibility index (Phi) is 4.16. The summed E-state index contributed by atoms with van der Waals surface area (Å²) in [6, 6.07) is 6.16. The number of rotatable bonds is 4. The van der Waals surface area contributed by atoms with Gasteiger partial charge in [0.05, 0.1) is 11.3 Å². The summed E-state index contributed by atoms with van der Waals surface area (Å²) in [6.45, 7) is 0.951. The van der Waals surface area contributed by atoms with E-state index in [-0.39, 0.29) is 6.61 Å². The van der Waals surface area contributed by atoms with Crippen molar-refractivity contribution in [3.05, 3.63) is 29.6 Å². The second-order valence-electron chi connectivity index (χ2n) is 4.82. The summed E-state index contributed by atoms with van der Waals surface area (Å²) in [5, 5.41) is 21.4. The van der Waals surface area contributed by atoms with Crippen LogP contribution in [-0.2, 0) is 0 Å². The smallest absolute Gasteiger partial charge is 0.124 e. The molecule has 1 aromatic carbocycles. The van der Waals surface area contributed by atoms with Gasteiger partial charge >= 0.3 is 0 Å². The van der Waals surface area contributed by atoms with Crippen LogP contribution in [0.3, 0.4) is 0 Å². The summed E-state index contributed by atoms with van der Waals surface area (Å²) >= 11 is 0. The molecule has 0 heterocycles. The first-order valence-corrected chi connectivity index (χ1v) is 6.29. The van der Waals surface area contributed by atoms with Crippen molar-refractivity contribution >= 4 is 5.69 Å². The van der Waals surface area contributed by atoms with Gasteiger partial charge in [-0.25, -0.2) is 4.39 Å². The van der Waals surface area contributed by atoms with Crippen LogP contribution in [0.4, 0.5) is 10.1 Å². The summed E-state index contributed by atoms with van der Waals surface area (Å²) in [5.41, 5.74) is 0.996. The number of nitrogens with zero attached hydrogens (tertiary/aromatic N) is 1. The van der Waals surface area contributed by atoms with E-state index < -0.39 is 5.82 Å². The number of benzene rings is 1. The van der Waals surface area contributed by atoms with Crippen LogP contribution in [0.25, 0.3) is 0 Å². The van der Waals surface area contributed by atoms with Gasteiger partial charge in [-0.05, 0) is 42.9 Å². The minimum absolute atomic E-state index is 0.223. The van der Waals surface area contributed by atoms with Crippen LogP contribution in [0, 0.1) is 29.0 Å². The lowest BCUT2D eigenvalue weighted by atomic mass is 9.97. The molecule has 1 fully saturated rings. The van der Waals surface area contributed by atoms with Crippen molar-refractivity contribution in [1.82, 2.24) is 0 Å². The molecule has 2 rings (SSSR count). The van der Waals surface area contributed by atoms with E-state index >= 15 is 0 Å². The summed E-state index contributed by atoms with van der Waals surface area (Å²) in [5.74, 6) is 0.390. The fourth-order valence-electron chi connectivity index (χ4n) is 2.63. The summed E-state index contributed by atoms with van der Waals surface area (Å²) in [7, 11) is 0. The highest BCUT2D eigenvalue weighted by Gasteiger charge is 2.26. The number of aliphatic hydroxyl groups is 1. The van der Waals surface area contributed by atoms with Gasteiger partial charge in [-0.1, -0.05) is 6.42 Å². The lowest BCUT2D eigenvalue weighted by Gasteiger charge is -2.19. The van der Waals surface area contributed by atoms with Gasteiger partial charge in [-0.15, -0.1) is 0 Å².